The summed E-state index contributed by atoms with van der Waals surface area (Å²) >= 11 is 0. The zero-order valence-corrected chi connectivity index (χ0v) is 16.0. The number of rotatable bonds is 10. The molecule has 1 N–H and O–H groups in total. The van der Waals surface area contributed by atoms with E-state index >= 15 is 0 Å². The highest BCUT2D eigenvalue weighted by Gasteiger charge is 2.26. The second-order valence-electron chi connectivity index (χ2n) is 7.22. The first-order valence-electron chi connectivity index (χ1n) is 8.87. The summed E-state index contributed by atoms with van der Waals surface area (Å²) in [5, 5.41) is 0. The number of sulfonamides is 1. The minimum absolute atomic E-state index is 0.00827. The van der Waals surface area contributed by atoms with Gasteiger partial charge in [0.2, 0.25) is 10.0 Å². The number of hydrogen-bond donors (Lipinski definition) is 1. The number of benzene rings is 1. The highest BCUT2D eigenvalue weighted by Crippen LogP contribution is 2.31. The van der Waals surface area contributed by atoms with E-state index in [1.807, 2.05) is 12.2 Å². The van der Waals surface area contributed by atoms with Crippen LogP contribution in [0.2, 0.25) is 0 Å². The fraction of sp³-hybridized carbons (Fsp3) is 0.579. The van der Waals surface area contributed by atoms with Crippen LogP contribution < -0.4 is 9.46 Å². The van der Waals surface area contributed by atoms with Crippen molar-refractivity contribution in [2.75, 3.05) is 6.61 Å². The summed E-state index contributed by atoms with van der Waals surface area (Å²) < 4.78 is 47.2. The normalized spacial score (nSPS) is 15.7. The van der Waals surface area contributed by atoms with Crippen LogP contribution in [0.5, 0.6) is 5.75 Å². The average molecular weight is 370 g/mol. The molecule has 1 aliphatic rings. The van der Waals surface area contributed by atoms with Crippen LogP contribution in [0, 0.1) is 11.7 Å². The molecule has 0 unspecified atom stereocenters. The lowest BCUT2D eigenvalue weighted by atomic mass is 10.1. The Morgan fingerprint density at radius 2 is 2.08 bits per heavy atom. The van der Waals surface area contributed by atoms with Crippen LogP contribution in [0.3, 0.4) is 0 Å². The van der Waals surface area contributed by atoms with Crippen molar-refractivity contribution in [2.24, 2.45) is 5.92 Å². The van der Waals surface area contributed by atoms with Crippen LogP contribution in [0.4, 0.5) is 4.39 Å². The number of ether oxygens (including phenoxy) is 1. The summed E-state index contributed by atoms with van der Waals surface area (Å²) in [6, 6.07) is 3.66. The highest BCUT2D eigenvalue weighted by molar-refractivity contribution is 7.89. The molecule has 0 saturated heterocycles. The van der Waals surface area contributed by atoms with Gasteiger partial charge in [0.25, 0.3) is 0 Å². The summed E-state index contributed by atoms with van der Waals surface area (Å²) in [5.41, 5.74) is -0.726. The molecule has 0 aromatic heterocycles. The van der Waals surface area contributed by atoms with Crippen LogP contribution in [-0.4, -0.2) is 20.6 Å². The van der Waals surface area contributed by atoms with Gasteiger partial charge in [-0.2, -0.15) is 0 Å². The van der Waals surface area contributed by atoms with Crippen LogP contribution in [-0.2, 0) is 10.0 Å². The Morgan fingerprint density at radius 3 is 2.72 bits per heavy atom. The smallest absolute Gasteiger partial charge is 0.241 e. The van der Waals surface area contributed by atoms with Crippen molar-refractivity contribution in [1.82, 2.24) is 4.72 Å². The first-order chi connectivity index (χ1) is 11.7. The second-order valence-corrected chi connectivity index (χ2v) is 8.90. The Bertz CT molecular complexity index is 709. The van der Waals surface area contributed by atoms with Gasteiger partial charge < -0.3 is 4.74 Å². The van der Waals surface area contributed by atoms with Crippen molar-refractivity contribution in [2.45, 2.75) is 63.3 Å². The summed E-state index contributed by atoms with van der Waals surface area (Å²) in [5.74, 6) is -0.0885. The second kappa shape index (κ2) is 8.32. The van der Waals surface area contributed by atoms with Gasteiger partial charge in [-0.15, -0.1) is 0 Å². The predicted molar refractivity (Wildman–Crippen MR) is 97.7 cm³/mol. The van der Waals surface area contributed by atoms with Crippen LogP contribution in [0.1, 0.15) is 52.9 Å². The summed E-state index contributed by atoms with van der Waals surface area (Å²) in [7, 11) is -3.77. The van der Waals surface area contributed by atoms with Crippen molar-refractivity contribution in [3.8, 4) is 5.75 Å². The van der Waals surface area contributed by atoms with Gasteiger partial charge in [-0.3, -0.25) is 0 Å². The van der Waals surface area contributed by atoms with Gasteiger partial charge in [0.1, 0.15) is 0 Å². The zero-order chi connectivity index (χ0) is 18.5. The topological polar surface area (TPSA) is 55.4 Å². The number of nitrogens with one attached hydrogen (secondary N) is 1. The third-order valence-corrected chi connectivity index (χ3v) is 5.71. The highest BCUT2D eigenvalue weighted by atomic mass is 32.2. The van der Waals surface area contributed by atoms with Gasteiger partial charge in [-0.1, -0.05) is 31.9 Å². The van der Waals surface area contributed by atoms with E-state index in [1.165, 1.54) is 12.1 Å². The lowest BCUT2D eigenvalue weighted by Gasteiger charge is -2.22. The maximum atomic E-state index is 13.9. The molecule has 6 heteroatoms. The van der Waals surface area contributed by atoms with Gasteiger partial charge in [-0.25, -0.2) is 17.5 Å². The molecule has 1 aromatic carbocycles. The van der Waals surface area contributed by atoms with E-state index in [0.29, 0.717) is 12.5 Å². The molecule has 0 bridgehead atoms. The zero-order valence-electron chi connectivity index (χ0n) is 15.2. The summed E-state index contributed by atoms with van der Waals surface area (Å²) in [4.78, 5) is 0.00901. The first-order valence-corrected chi connectivity index (χ1v) is 10.4. The molecule has 1 aliphatic carbocycles. The van der Waals surface area contributed by atoms with Crippen molar-refractivity contribution in [3.63, 3.8) is 0 Å². The van der Waals surface area contributed by atoms with Crippen LogP contribution in [0.15, 0.2) is 35.2 Å². The Hall–Kier alpha value is -1.40. The SMILES string of the molecule is CCCC/C=C/C(C)(C)NS(=O)(=O)c1ccc(F)c(OCC2CC2)c1. The molecule has 0 radical (unpaired) electrons. The van der Waals surface area contributed by atoms with E-state index in [4.69, 9.17) is 4.74 Å². The van der Waals surface area contributed by atoms with Crippen molar-refractivity contribution in [3.05, 3.63) is 36.2 Å². The third-order valence-electron chi connectivity index (χ3n) is 4.04. The van der Waals surface area contributed by atoms with E-state index in [9.17, 15) is 12.8 Å². The standard InChI is InChI=1S/C19H28FNO3S/c1-4-5-6-7-12-19(2,3)21-25(22,23)16-10-11-17(20)18(13-16)24-14-15-8-9-15/h7,10-13,15,21H,4-6,8-9,14H2,1-3H3/b12-7+. The maximum Gasteiger partial charge on any atom is 0.241 e. The Morgan fingerprint density at radius 1 is 1.36 bits per heavy atom. The Kier molecular flexibility index (Phi) is 6.63. The molecule has 2 rings (SSSR count). The summed E-state index contributed by atoms with van der Waals surface area (Å²) in [6.45, 7) is 6.13. The fourth-order valence-corrected chi connectivity index (χ4v) is 3.78. The van der Waals surface area contributed by atoms with Gasteiger partial charge >= 0.3 is 0 Å². The Balaban J connectivity index is 2.09. The molecule has 0 atom stereocenters. The van der Waals surface area contributed by atoms with Crippen LogP contribution in [0.25, 0.3) is 0 Å². The molecule has 0 aliphatic heterocycles. The van der Waals surface area contributed by atoms with E-state index in [0.717, 1.165) is 38.2 Å². The maximum absolute atomic E-state index is 13.9. The van der Waals surface area contributed by atoms with Gasteiger partial charge in [-0.05, 0) is 51.2 Å². The molecule has 0 spiro atoms. The minimum atomic E-state index is -3.77. The molecular weight excluding hydrogens is 341 g/mol. The van der Waals surface area contributed by atoms with E-state index in [-0.39, 0.29) is 10.6 Å². The van der Waals surface area contributed by atoms with Gasteiger partial charge in [0, 0.05) is 11.6 Å². The van der Waals surface area contributed by atoms with Gasteiger partial charge in [0.05, 0.1) is 11.5 Å². The number of halogens is 1. The van der Waals surface area contributed by atoms with Crippen molar-refractivity contribution in [1.29, 1.82) is 0 Å². The molecule has 1 fully saturated rings. The summed E-state index contributed by atoms with van der Waals surface area (Å²) in [6.07, 6.45) is 9.08. The minimum Gasteiger partial charge on any atom is -0.490 e. The first kappa shape index (κ1) is 19.9. The van der Waals surface area contributed by atoms with E-state index in [1.54, 1.807) is 13.8 Å². The molecule has 0 heterocycles. The fourth-order valence-electron chi connectivity index (χ4n) is 2.39. The molecule has 140 valence electrons. The Labute approximate surface area is 150 Å². The van der Waals surface area contributed by atoms with E-state index < -0.39 is 21.4 Å². The molecule has 25 heavy (non-hydrogen) atoms. The molecule has 1 aromatic rings. The molecule has 0 amide bonds. The number of unbranched alkanes of at least 4 members (excludes halogenated alkanes) is 2. The average Bonchev–Trinajstić information content (AvgIpc) is 3.34. The van der Waals surface area contributed by atoms with Crippen molar-refractivity contribution < 1.29 is 17.5 Å². The van der Waals surface area contributed by atoms with Gasteiger partial charge in [0.15, 0.2) is 11.6 Å². The number of hydrogen-bond acceptors (Lipinski definition) is 3. The molecular formula is C19H28FNO3S. The van der Waals surface area contributed by atoms with Crippen molar-refractivity contribution >= 4 is 10.0 Å². The van der Waals surface area contributed by atoms with Crippen LogP contribution >= 0.6 is 0 Å². The quantitative estimate of drug-likeness (QED) is 0.491. The lowest BCUT2D eigenvalue weighted by Crippen LogP contribution is -2.41. The largest absolute Gasteiger partial charge is 0.490 e. The predicted octanol–water partition coefficient (Wildman–Crippen LogP) is 4.42. The monoisotopic (exact) mass is 369 g/mol. The lowest BCUT2D eigenvalue weighted by molar-refractivity contribution is 0.284. The third kappa shape index (κ3) is 6.44. The number of allylic oxidation sites excluding steroid dienone is 1. The van der Waals surface area contributed by atoms with E-state index in [2.05, 4.69) is 11.6 Å². The molecule has 4 nitrogen and oxygen atoms in total. The molecule has 1 saturated carbocycles.